The number of rotatable bonds is 9. The molecular weight excluding hydrogens is 390 g/mol. The summed E-state index contributed by atoms with van der Waals surface area (Å²) in [5.74, 6) is 1.78. The number of nitrogens with zero attached hydrogens (tertiary/aromatic N) is 5. The Morgan fingerprint density at radius 2 is 2.25 bits per heavy atom. The zero-order chi connectivity index (χ0) is 19.2. The number of ether oxygens (including phenoxy) is 1. The fourth-order valence-electron chi connectivity index (χ4n) is 3.33. The zero-order valence-corrected chi connectivity index (χ0v) is 17.7. The Labute approximate surface area is 174 Å². The van der Waals surface area contributed by atoms with Crippen LogP contribution in [-0.2, 0) is 30.1 Å². The Kier molecular flexibility index (Phi) is 6.74. The maximum atomic E-state index is 5.88. The highest BCUT2D eigenvalue weighted by Crippen LogP contribution is 2.24. The third-order valence-electron chi connectivity index (χ3n) is 4.72. The van der Waals surface area contributed by atoms with Crippen molar-refractivity contribution >= 4 is 23.1 Å². The molecule has 4 rings (SSSR count). The van der Waals surface area contributed by atoms with Gasteiger partial charge in [-0.25, -0.2) is 0 Å². The van der Waals surface area contributed by atoms with Crippen LogP contribution in [0.5, 0.6) is 0 Å². The first-order valence-electron chi connectivity index (χ1n) is 9.54. The lowest BCUT2D eigenvalue weighted by Crippen LogP contribution is -2.23. The van der Waals surface area contributed by atoms with Crippen LogP contribution >= 0.6 is 23.1 Å². The van der Waals surface area contributed by atoms with E-state index in [0.717, 1.165) is 61.5 Å². The van der Waals surface area contributed by atoms with E-state index in [9.17, 15) is 0 Å². The Morgan fingerprint density at radius 1 is 1.29 bits per heavy atom. The molecule has 1 fully saturated rings. The molecule has 1 atom stereocenters. The molecule has 148 valence electrons. The lowest BCUT2D eigenvalue weighted by Gasteiger charge is -2.18. The predicted molar refractivity (Wildman–Crippen MR) is 112 cm³/mol. The second kappa shape index (κ2) is 9.65. The van der Waals surface area contributed by atoms with Gasteiger partial charge >= 0.3 is 0 Å². The Bertz CT molecular complexity index is 847. The number of hydrogen-bond acceptors (Lipinski definition) is 7. The van der Waals surface area contributed by atoms with E-state index in [1.165, 1.54) is 5.56 Å². The summed E-state index contributed by atoms with van der Waals surface area (Å²) in [6.07, 6.45) is 4.33. The largest absolute Gasteiger partial charge is 0.376 e. The molecule has 28 heavy (non-hydrogen) atoms. The van der Waals surface area contributed by atoms with Gasteiger partial charge in [0.2, 0.25) is 0 Å². The van der Waals surface area contributed by atoms with Gasteiger partial charge in [0, 0.05) is 25.1 Å². The van der Waals surface area contributed by atoms with E-state index in [1.807, 2.05) is 24.4 Å². The molecule has 0 spiro atoms. The van der Waals surface area contributed by atoms with Gasteiger partial charge in [0.05, 0.1) is 24.9 Å². The van der Waals surface area contributed by atoms with Crippen molar-refractivity contribution in [1.29, 1.82) is 0 Å². The van der Waals surface area contributed by atoms with Gasteiger partial charge in [0.1, 0.15) is 5.82 Å². The summed E-state index contributed by atoms with van der Waals surface area (Å²) in [5, 5.41) is 14.3. The van der Waals surface area contributed by atoms with Crippen molar-refractivity contribution in [3.05, 3.63) is 58.3 Å². The normalized spacial score (nSPS) is 16.9. The quantitative estimate of drug-likeness (QED) is 0.495. The van der Waals surface area contributed by atoms with Gasteiger partial charge in [0.15, 0.2) is 5.16 Å². The molecule has 0 unspecified atom stereocenters. The van der Waals surface area contributed by atoms with Crippen molar-refractivity contribution in [3.63, 3.8) is 0 Å². The number of hydrogen-bond donors (Lipinski definition) is 0. The zero-order valence-electron chi connectivity index (χ0n) is 16.0. The molecule has 0 N–H and O–H groups in total. The Hall–Kier alpha value is -1.74. The minimum absolute atomic E-state index is 0.256. The van der Waals surface area contributed by atoms with Crippen molar-refractivity contribution in [2.24, 2.45) is 0 Å². The molecule has 3 aromatic rings. The predicted octanol–water partition coefficient (Wildman–Crippen LogP) is 3.84. The molecule has 0 saturated carbocycles. The van der Waals surface area contributed by atoms with Gasteiger partial charge in [-0.05, 0) is 54.4 Å². The molecule has 1 aliphatic heterocycles. The number of thiophene rings is 1. The average molecular weight is 416 g/mol. The lowest BCUT2D eigenvalue weighted by molar-refractivity contribution is 0.0934. The van der Waals surface area contributed by atoms with Crippen LogP contribution in [0.25, 0.3) is 0 Å². The summed E-state index contributed by atoms with van der Waals surface area (Å²) < 4.78 is 8.12. The third-order valence-corrected chi connectivity index (χ3v) is 6.46. The topological polar surface area (TPSA) is 56.1 Å². The highest BCUT2D eigenvalue weighted by atomic mass is 32.2. The van der Waals surface area contributed by atoms with Crippen LogP contribution < -0.4 is 0 Å². The van der Waals surface area contributed by atoms with Gasteiger partial charge in [-0.3, -0.25) is 9.88 Å². The van der Waals surface area contributed by atoms with E-state index in [-0.39, 0.29) is 6.10 Å². The molecular formula is C20H25N5OS2. The van der Waals surface area contributed by atoms with Gasteiger partial charge in [-0.1, -0.05) is 17.8 Å². The third kappa shape index (κ3) is 5.20. The van der Waals surface area contributed by atoms with Gasteiger partial charge in [0.25, 0.3) is 0 Å². The minimum Gasteiger partial charge on any atom is -0.376 e. The molecule has 1 saturated heterocycles. The molecule has 6 nitrogen and oxygen atoms in total. The smallest absolute Gasteiger partial charge is 0.191 e. The minimum atomic E-state index is 0.256. The second-order valence-electron chi connectivity index (χ2n) is 7.06. The SMILES string of the molecule is CN(Cc1ccsc1)Cc1nnc(SCc2ccccn2)n1C[C@@H]1CCCO1. The molecule has 8 heteroatoms. The van der Waals surface area contributed by atoms with E-state index in [0.29, 0.717) is 0 Å². The number of aromatic nitrogens is 4. The summed E-state index contributed by atoms with van der Waals surface area (Å²) >= 11 is 3.43. The van der Waals surface area contributed by atoms with Crippen LogP contribution in [0.3, 0.4) is 0 Å². The Balaban J connectivity index is 1.47. The van der Waals surface area contributed by atoms with E-state index in [4.69, 9.17) is 4.74 Å². The van der Waals surface area contributed by atoms with Crippen molar-refractivity contribution in [2.75, 3.05) is 13.7 Å². The molecule has 4 heterocycles. The van der Waals surface area contributed by atoms with Crippen LogP contribution in [0, 0.1) is 0 Å². The monoisotopic (exact) mass is 415 g/mol. The first-order chi connectivity index (χ1) is 13.8. The maximum Gasteiger partial charge on any atom is 0.191 e. The van der Waals surface area contributed by atoms with E-state index >= 15 is 0 Å². The molecule has 0 radical (unpaired) electrons. The molecule has 0 aliphatic carbocycles. The van der Waals surface area contributed by atoms with Crippen LogP contribution in [0.1, 0.15) is 29.9 Å². The van der Waals surface area contributed by atoms with Crippen LogP contribution in [0.2, 0.25) is 0 Å². The average Bonchev–Trinajstić information content (AvgIpc) is 3.46. The number of thioether (sulfide) groups is 1. The number of pyridine rings is 1. The fraction of sp³-hybridized carbons (Fsp3) is 0.450. The van der Waals surface area contributed by atoms with E-state index in [2.05, 4.69) is 48.5 Å². The van der Waals surface area contributed by atoms with Gasteiger partial charge in [-0.2, -0.15) is 11.3 Å². The molecule has 3 aromatic heterocycles. The van der Waals surface area contributed by atoms with Crippen LogP contribution in [-0.4, -0.2) is 44.4 Å². The first-order valence-corrected chi connectivity index (χ1v) is 11.5. The van der Waals surface area contributed by atoms with Crippen LogP contribution in [0.4, 0.5) is 0 Å². The summed E-state index contributed by atoms with van der Waals surface area (Å²) in [6.45, 7) is 3.35. The van der Waals surface area contributed by atoms with Crippen molar-refractivity contribution in [2.45, 2.75) is 49.5 Å². The highest BCUT2D eigenvalue weighted by Gasteiger charge is 2.21. The summed E-state index contributed by atoms with van der Waals surface area (Å²) in [6, 6.07) is 8.18. The van der Waals surface area contributed by atoms with E-state index < -0.39 is 0 Å². The molecule has 0 bridgehead atoms. The van der Waals surface area contributed by atoms with E-state index in [1.54, 1.807) is 23.1 Å². The van der Waals surface area contributed by atoms with Gasteiger partial charge in [-0.15, -0.1) is 10.2 Å². The molecule has 0 amide bonds. The second-order valence-corrected chi connectivity index (χ2v) is 8.78. The van der Waals surface area contributed by atoms with Crippen molar-refractivity contribution in [3.8, 4) is 0 Å². The van der Waals surface area contributed by atoms with Crippen molar-refractivity contribution in [1.82, 2.24) is 24.6 Å². The molecule has 1 aliphatic rings. The highest BCUT2D eigenvalue weighted by molar-refractivity contribution is 7.98. The summed E-state index contributed by atoms with van der Waals surface area (Å²) in [5.41, 5.74) is 2.39. The van der Waals surface area contributed by atoms with Crippen LogP contribution in [0.15, 0.2) is 46.4 Å². The summed E-state index contributed by atoms with van der Waals surface area (Å²) in [7, 11) is 2.13. The summed E-state index contributed by atoms with van der Waals surface area (Å²) in [4.78, 5) is 6.70. The Morgan fingerprint density at radius 3 is 3.00 bits per heavy atom. The molecule has 0 aromatic carbocycles. The lowest BCUT2D eigenvalue weighted by atomic mass is 10.2. The maximum absolute atomic E-state index is 5.88. The fourth-order valence-corrected chi connectivity index (χ4v) is 4.87. The standard InChI is InChI=1S/C20H25N5OS2/c1-24(11-16-7-10-27-14-16)13-19-22-23-20(25(19)12-18-6-4-9-26-18)28-15-17-5-2-3-8-21-17/h2-3,5,7-8,10,14,18H,4,6,9,11-13,15H2,1H3/t18-/m0/s1. The van der Waals surface area contributed by atoms with Gasteiger partial charge < -0.3 is 9.30 Å². The van der Waals surface area contributed by atoms with Crippen molar-refractivity contribution < 1.29 is 4.74 Å². The first kappa shape index (κ1) is 19.6.